The lowest BCUT2D eigenvalue weighted by atomic mass is 10.1. The summed E-state index contributed by atoms with van der Waals surface area (Å²) in [5, 5.41) is 9.35. The molecule has 2 heterocycles. The zero-order valence-electron chi connectivity index (χ0n) is 10.2. The molecule has 1 unspecified atom stereocenters. The van der Waals surface area contributed by atoms with Crippen molar-refractivity contribution in [3.8, 4) is 0 Å². The van der Waals surface area contributed by atoms with Crippen molar-refractivity contribution in [1.82, 2.24) is 9.88 Å². The van der Waals surface area contributed by atoms with Crippen LogP contribution >= 0.6 is 0 Å². The number of nitrogens with zero attached hydrogens (tertiary/aromatic N) is 2. The molecule has 1 saturated heterocycles. The van der Waals surface area contributed by atoms with Crippen LogP contribution in [0, 0.1) is 5.82 Å². The lowest BCUT2D eigenvalue weighted by molar-refractivity contribution is 0.0599. The molecule has 0 aliphatic carbocycles. The van der Waals surface area contributed by atoms with Crippen molar-refractivity contribution >= 4 is 5.91 Å². The Balaban J connectivity index is 2.19. The zero-order chi connectivity index (χ0) is 13.0. The summed E-state index contributed by atoms with van der Waals surface area (Å²) in [6.07, 6.45) is 6.22. The van der Waals surface area contributed by atoms with Gasteiger partial charge in [0.05, 0.1) is 24.4 Å². The molecule has 1 atom stereocenters. The molecular formula is C13H17FN2O2. The summed E-state index contributed by atoms with van der Waals surface area (Å²) in [6.45, 7) is 0.565. The Morgan fingerprint density at radius 1 is 1.44 bits per heavy atom. The van der Waals surface area contributed by atoms with Crippen molar-refractivity contribution in [2.24, 2.45) is 0 Å². The zero-order valence-corrected chi connectivity index (χ0v) is 10.2. The van der Waals surface area contributed by atoms with E-state index in [1.807, 2.05) is 0 Å². The van der Waals surface area contributed by atoms with Gasteiger partial charge in [-0.3, -0.25) is 9.78 Å². The van der Waals surface area contributed by atoms with Gasteiger partial charge in [-0.15, -0.1) is 0 Å². The molecule has 0 bridgehead atoms. The first-order valence-electron chi connectivity index (χ1n) is 6.24. The standard InChI is InChI=1S/C13H17FN2O2/c14-11-6-10(7-15-8-11)13(18)16-5-3-1-2-4-12(16)9-17/h6-8,12,17H,1-5,9H2. The minimum absolute atomic E-state index is 0.0471. The molecule has 18 heavy (non-hydrogen) atoms. The molecule has 1 aromatic heterocycles. The lowest BCUT2D eigenvalue weighted by Gasteiger charge is -2.28. The van der Waals surface area contributed by atoms with Crippen molar-refractivity contribution in [2.45, 2.75) is 31.7 Å². The van der Waals surface area contributed by atoms with Gasteiger partial charge in [-0.05, 0) is 18.9 Å². The molecule has 1 aromatic rings. The second-order valence-corrected chi connectivity index (χ2v) is 4.58. The van der Waals surface area contributed by atoms with E-state index in [1.54, 1.807) is 4.90 Å². The van der Waals surface area contributed by atoms with Crippen LogP contribution in [-0.4, -0.2) is 40.1 Å². The fourth-order valence-corrected chi connectivity index (χ4v) is 2.33. The Bertz CT molecular complexity index is 425. The van der Waals surface area contributed by atoms with Crippen molar-refractivity contribution in [1.29, 1.82) is 0 Å². The van der Waals surface area contributed by atoms with Crippen LogP contribution in [0.5, 0.6) is 0 Å². The van der Waals surface area contributed by atoms with E-state index in [0.29, 0.717) is 6.54 Å². The van der Waals surface area contributed by atoms with Crippen LogP contribution in [0.25, 0.3) is 0 Å². The van der Waals surface area contributed by atoms with Crippen LogP contribution < -0.4 is 0 Å². The van der Waals surface area contributed by atoms with Gasteiger partial charge >= 0.3 is 0 Å². The van der Waals surface area contributed by atoms with Crippen molar-refractivity contribution in [2.75, 3.05) is 13.2 Å². The number of aromatic nitrogens is 1. The topological polar surface area (TPSA) is 53.4 Å². The highest BCUT2D eigenvalue weighted by Gasteiger charge is 2.25. The lowest BCUT2D eigenvalue weighted by Crippen LogP contribution is -2.42. The minimum Gasteiger partial charge on any atom is -0.394 e. The van der Waals surface area contributed by atoms with Gasteiger partial charge in [-0.2, -0.15) is 0 Å². The highest BCUT2D eigenvalue weighted by atomic mass is 19.1. The maximum absolute atomic E-state index is 13.1. The van der Waals surface area contributed by atoms with Gasteiger partial charge in [-0.1, -0.05) is 12.8 Å². The maximum atomic E-state index is 13.1. The van der Waals surface area contributed by atoms with Crippen molar-refractivity contribution in [3.05, 3.63) is 29.8 Å². The first kappa shape index (κ1) is 13.0. The third-order valence-electron chi connectivity index (χ3n) is 3.30. The quantitative estimate of drug-likeness (QED) is 0.869. The van der Waals surface area contributed by atoms with Gasteiger partial charge in [0.2, 0.25) is 0 Å². The highest BCUT2D eigenvalue weighted by Crippen LogP contribution is 2.19. The molecule has 5 heteroatoms. The third kappa shape index (κ3) is 2.85. The molecule has 2 rings (SSSR count). The van der Waals surface area contributed by atoms with Gasteiger partial charge in [0.15, 0.2) is 0 Å². The highest BCUT2D eigenvalue weighted by molar-refractivity contribution is 5.94. The van der Waals surface area contributed by atoms with E-state index in [-0.39, 0.29) is 24.1 Å². The summed E-state index contributed by atoms with van der Waals surface area (Å²) < 4.78 is 13.1. The summed E-state index contributed by atoms with van der Waals surface area (Å²) in [7, 11) is 0. The van der Waals surface area contributed by atoms with Crippen molar-refractivity contribution in [3.63, 3.8) is 0 Å². The second-order valence-electron chi connectivity index (χ2n) is 4.58. The van der Waals surface area contributed by atoms with E-state index in [4.69, 9.17) is 0 Å². The number of hydrogen-bond acceptors (Lipinski definition) is 3. The smallest absolute Gasteiger partial charge is 0.255 e. The second kappa shape index (κ2) is 5.91. The van der Waals surface area contributed by atoms with Gasteiger partial charge in [-0.25, -0.2) is 4.39 Å². The first-order valence-corrected chi connectivity index (χ1v) is 6.24. The van der Waals surface area contributed by atoms with Gasteiger partial charge in [0.1, 0.15) is 5.82 Å². The number of carbonyl (C=O) groups excluding carboxylic acids is 1. The fourth-order valence-electron chi connectivity index (χ4n) is 2.33. The van der Waals surface area contributed by atoms with Gasteiger partial charge in [0, 0.05) is 12.7 Å². The normalized spacial score (nSPS) is 20.6. The fraction of sp³-hybridized carbons (Fsp3) is 0.538. The van der Waals surface area contributed by atoms with Crippen LogP contribution in [0.3, 0.4) is 0 Å². The predicted octanol–water partition coefficient (Wildman–Crippen LogP) is 1.60. The average molecular weight is 252 g/mol. The largest absolute Gasteiger partial charge is 0.394 e. The molecule has 1 aliphatic heterocycles. The number of carbonyl (C=O) groups is 1. The summed E-state index contributed by atoms with van der Waals surface area (Å²) in [6, 6.07) is 1.03. The molecule has 1 amide bonds. The molecule has 0 radical (unpaired) electrons. The molecule has 0 aromatic carbocycles. The molecule has 0 spiro atoms. The Morgan fingerprint density at radius 3 is 3.00 bits per heavy atom. The number of hydrogen-bond donors (Lipinski definition) is 1. The molecule has 4 nitrogen and oxygen atoms in total. The van der Waals surface area contributed by atoms with Crippen LogP contribution in [-0.2, 0) is 0 Å². The van der Waals surface area contributed by atoms with E-state index in [0.717, 1.165) is 31.9 Å². The molecular weight excluding hydrogens is 235 g/mol. The van der Waals surface area contributed by atoms with E-state index >= 15 is 0 Å². The number of aliphatic hydroxyl groups excluding tert-OH is 1. The summed E-state index contributed by atoms with van der Waals surface area (Å²) in [4.78, 5) is 17.6. The predicted molar refractivity (Wildman–Crippen MR) is 64.6 cm³/mol. The Kier molecular flexibility index (Phi) is 4.25. The Hall–Kier alpha value is -1.49. The summed E-state index contributed by atoms with van der Waals surface area (Å²) >= 11 is 0. The molecule has 1 N–H and O–H groups in total. The Morgan fingerprint density at radius 2 is 2.28 bits per heavy atom. The average Bonchev–Trinajstić information content (AvgIpc) is 2.62. The Labute approximate surface area is 105 Å². The van der Waals surface area contributed by atoms with E-state index in [9.17, 15) is 14.3 Å². The maximum Gasteiger partial charge on any atom is 0.255 e. The van der Waals surface area contributed by atoms with Crippen LogP contribution in [0.4, 0.5) is 4.39 Å². The van der Waals surface area contributed by atoms with Gasteiger partial charge in [0.25, 0.3) is 5.91 Å². The number of halogens is 1. The number of pyridine rings is 1. The SMILES string of the molecule is O=C(c1cncc(F)c1)N1CCCCCC1CO. The van der Waals surface area contributed by atoms with E-state index in [2.05, 4.69) is 4.98 Å². The van der Waals surface area contributed by atoms with Crippen LogP contribution in [0.1, 0.15) is 36.0 Å². The van der Waals surface area contributed by atoms with Crippen LogP contribution in [0.2, 0.25) is 0 Å². The van der Waals surface area contributed by atoms with Crippen LogP contribution in [0.15, 0.2) is 18.5 Å². The van der Waals surface area contributed by atoms with Crippen molar-refractivity contribution < 1.29 is 14.3 Å². The summed E-state index contributed by atoms with van der Waals surface area (Å²) in [5.41, 5.74) is 0.246. The van der Waals surface area contributed by atoms with Gasteiger partial charge < -0.3 is 10.0 Å². The molecule has 1 aliphatic rings. The van der Waals surface area contributed by atoms with E-state index in [1.165, 1.54) is 12.3 Å². The van der Waals surface area contributed by atoms with E-state index < -0.39 is 5.82 Å². The molecule has 1 fully saturated rings. The number of amides is 1. The first-order chi connectivity index (χ1) is 8.72. The number of likely N-dealkylation sites (tertiary alicyclic amines) is 1. The summed E-state index contributed by atoms with van der Waals surface area (Å²) in [5.74, 6) is -0.765. The number of aliphatic hydroxyl groups is 1. The molecule has 98 valence electrons. The number of rotatable bonds is 2. The monoisotopic (exact) mass is 252 g/mol. The molecule has 0 saturated carbocycles. The minimum atomic E-state index is -0.517. The third-order valence-corrected chi connectivity index (χ3v) is 3.30.